The van der Waals surface area contributed by atoms with Gasteiger partial charge in [0.15, 0.2) is 0 Å². The standard InChI is InChI=1S/C7H11NO8P2S/c8-7(17(9,10)11,18(12,13)14)19(15,16)6-4-2-1-3-5-6/h1-5H,8H2,(H2,9,10,11)(H2,12,13,14). The molecule has 1 aromatic carbocycles. The van der Waals surface area contributed by atoms with E-state index in [2.05, 4.69) is 0 Å². The van der Waals surface area contributed by atoms with Gasteiger partial charge in [0.2, 0.25) is 9.84 Å². The molecule has 1 rings (SSSR count). The van der Waals surface area contributed by atoms with Crippen molar-refractivity contribution in [1.29, 1.82) is 0 Å². The summed E-state index contributed by atoms with van der Waals surface area (Å²) in [6.45, 7) is 0. The highest BCUT2D eigenvalue weighted by Crippen LogP contribution is 2.69. The predicted molar refractivity (Wildman–Crippen MR) is 64.6 cm³/mol. The number of sulfone groups is 1. The molecule has 0 fully saturated rings. The summed E-state index contributed by atoms with van der Waals surface area (Å²) in [6, 6.07) is 5.68. The van der Waals surface area contributed by atoms with E-state index in [0.717, 1.165) is 12.1 Å². The van der Waals surface area contributed by atoms with Crippen molar-refractivity contribution in [3.63, 3.8) is 0 Å². The van der Waals surface area contributed by atoms with E-state index in [9.17, 15) is 17.5 Å². The van der Waals surface area contributed by atoms with Crippen LogP contribution in [0.4, 0.5) is 0 Å². The van der Waals surface area contributed by atoms with E-state index >= 15 is 0 Å². The second-order valence-electron chi connectivity index (χ2n) is 3.56. The van der Waals surface area contributed by atoms with Crippen LogP contribution in [0, 0.1) is 0 Å². The lowest BCUT2D eigenvalue weighted by atomic mass is 10.4. The summed E-state index contributed by atoms with van der Waals surface area (Å²) in [6.07, 6.45) is 0. The highest BCUT2D eigenvalue weighted by molar-refractivity contribution is 8.07. The number of rotatable bonds is 4. The normalized spacial score (nSPS) is 14.4. The topological polar surface area (TPSA) is 175 Å². The molecule has 6 N–H and O–H groups in total. The number of hydrogen-bond donors (Lipinski definition) is 5. The highest BCUT2D eigenvalue weighted by atomic mass is 32.2. The van der Waals surface area contributed by atoms with Gasteiger partial charge in [0.25, 0.3) is 0 Å². The van der Waals surface area contributed by atoms with Crippen LogP contribution in [-0.4, -0.2) is 32.3 Å². The first-order valence-corrected chi connectivity index (χ1v) is 9.26. The van der Waals surface area contributed by atoms with Crippen molar-refractivity contribution in [3.05, 3.63) is 30.3 Å². The summed E-state index contributed by atoms with van der Waals surface area (Å²) in [5, 5.41) is 0. The zero-order valence-electron chi connectivity index (χ0n) is 9.19. The monoisotopic (exact) mass is 331 g/mol. The van der Waals surface area contributed by atoms with Crippen LogP contribution in [0.2, 0.25) is 0 Å². The summed E-state index contributed by atoms with van der Waals surface area (Å²) in [5.41, 5.74) is 4.95. The van der Waals surface area contributed by atoms with Gasteiger partial charge in [-0.2, -0.15) is 0 Å². The Morgan fingerprint density at radius 3 is 1.63 bits per heavy atom. The quantitative estimate of drug-likeness (QED) is 0.450. The molecule has 0 aliphatic carbocycles. The molecule has 0 saturated carbocycles. The maximum absolute atomic E-state index is 12.0. The summed E-state index contributed by atoms with van der Waals surface area (Å²) < 4.78 is 42.5. The zero-order chi connectivity index (χ0) is 15.1. The molecular weight excluding hydrogens is 320 g/mol. The van der Waals surface area contributed by atoms with Gasteiger partial charge in [0.05, 0.1) is 4.90 Å². The van der Waals surface area contributed by atoms with Crippen molar-refractivity contribution < 1.29 is 37.1 Å². The second-order valence-corrected chi connectivity index (χ2v) is 10.2. The molecular formula is C7H11NO8P2S. The summed E-state index contributed by atoms with van der Waals surface area (Å²) in [7, 11) is -16.9. The molecule has 0 amide bonds. The van der Waals surface area contributed by atoms with Gasteiger partial charge in [-0.25, -0.2) is 8.42 Å². The first-order valence-electron chi connectivity index (χ1n) is 4.55. The zero-order valence-corrected chi connectivity index (χ0v) is 11.8. The maximum Gasteiger partial charge on any atom is 0.373 e. The molecule has 12 heteroatoms. The van der Waals surface area contributed by atoms with Crippen molar-refractivity contribution >= 4 is 25.0 Å². The fourth-order valence-corrected chi connectivity index (χ4v) is 6.61. The van der Waals surface area contributed by atoms with Gasteiger partial charge in [0, 0.05) is 0 Å². The molecule has 0 spiro atoms. The Morgan fingerprint density at radius 1 is 0.947 bits per heavy atom. The molecule has 0 heterocycles. The molecule has 19 heavy (non-hydrogen) atoms. The van der Waals surface area contributed by atoms with E-state index in [0.29, 0.717) is 0 Å². The molecule has 0 atom stereocenters. The van der Waals surface area contributed by atoms with E-state index < -0.39 is 34.3 Å². The van der Waals surface area contributed by atoms with Gasteiger partial charge in [0.1, 0.15) is 0 Å². The van der Waals surface area contributed by atoms with E-state index in [-0.39, 0.29) is 0 Å². The first kappa shape index (κ1) is 16.5. The first-order chi connectivity index (χ1) is 8.36. The number of nitrogens with two attached hydrogens (primary N) is 1. The number of hydrogen-bond acceptors (Lipinski definition) is 5. The fourth-order valence-electron chi connectivity index (χ4n) is 1.26. The van der Waals surface area contributed by atoms with Crippen LogP contribution >= 0.6 is 15.2 Å². The molecule has 0 aliphatic heterocycles. The second kappa shape index (κ2) is 4.76. The Balaban J connectivity index is 3.72. The third-order valence-corrected chi connectivity index (χ3v) is 10.1. The molecule has 1 aromatic rings. The third-order valence-electron chi connectivity index (χ3n) is 2.28. The third kappa shape index (κ3) is 2.54. The fraction of sp³-hybridized carbons (Fsp3) is 0.143. The van der Waals surface area contributed by atoms with E-state index in [1.54, 1.807) is 0 Å². The van der Waals surface area contributed by atoms with E-state index in [4.69, 9.17) is 25.3 Å². The van der Waals surface area contributed by atoms with Crippen LogP contribution < -0.4 is 5.73 Å². The maximum atomic E-state index is 12.0. The molecule has 0 unspecified atom stereocenters. The van der Waals surface area contributed by atoms with Crippen molar-refractivity contribution in [3.8, 4) is 0 Å². The highest BCUT2D eigenvalue weighted by Gasteiger charge is 2.67. The summed E-state index contributed by atoms with van der Waals surface area (Å²) in [5.74, 6) is 0. The Hall–Kier alpha value is -0.570. The Bertz CT molecular complexity index is 638. The van der Waals surface area contributed by atoms with Crippen LogP contribution in [0.15, 0.2) is 35.2 Å². The minimum absolute atomic E-state index is 0.704. The Morgan fingerprint density at radius 2 is 1.32 bits per heavy atom. The van der Waals surface area contributed by atoms with Gasteiger partial charge in [-0.05, 0) is 12.1 Å². The summed E-state index contributed by atoms with van der Waals surface area (Å²) in [4.78, 5) is 35.2. The molecule has 0 saturated heterocycles. The average molecular weight is 331 g/mol. The van der Waals surface area contributed by atoms with Crippen LogP contribution in [-0.2, 0) is 19.0 Å². The molecule has 108 valence electrons. The molecule has 0 aliphatic rings. The van der Waals surface area contributed by atoms with Crippen LogP contribution in [0.25, 0.3) is 0 Å². The lowest BCUT2D eigenvalue weighted by molar-refractivity contribution is 0.329. The predicted octanol–water partition coefficient (Wildman–Crippen LogP) is -0.614. The van der Waals surface area contributed by atoms with Gasteiger partial charge in [-0.1, -0.05) is 18.2 Å². The Kier molecular flexibility index (Phi) is 4.13. The van der Waals surface area contributed by atoms with E-state index in [1.807, 2.05) is 0 Å². The lowest BCUT2D eigenvalue weighted by Gasteiger charge is -2.29. The minimum Gasteiger partial charge on any atom is -0.322 e. The van der Waals surface area contributed by atoms with Crippen molar-refractivity contribution in [2.75, 3.05) is 0 Å². The molecule has 0 radical (unpaired) electrons. The number of benzene rings is 1. The average Bonchev–Trinajstić information content (AvgIpc) is 2.26. The largest absolute Gasteiger partial charge is 0.373 e. The molecule has 9 nitrogen and oxygen atoms in total. The minimum atomic E-state index is -5.87. The van der Waals surface area contributed by atoms with Crippen molar-refractivity contribution in [2.24, 2.45) is 5.73 Å². The van der Waals surface area contributed by atoms with Crippen LogP contribution in [0.3, 0.4) is 0 Å². The SMILES string of the molecule is NC(P(=O)(O)O)(P(=O)(O)O)S(=O)(=O)c1ccccc1. The van der Waals surface area contributed by atoms with Crippen molar-refractivity contribution in [1.82, 2.24) is 0 Å². The van der Waals surface area contributed by atoms with Crippen LogP contribution in [0.1, 0.15) is 0 Å². The lowest BCUT2D eigenvalue weighted by Crippen LogP contribution is -2.47. The molecule has 0 aromatic heterocycles. The van der Waals surface area contributed by atoms with Gasteiger partial charge < -0.3 is 19.6 Å². The van der Waals surface area contributed by atoms with E-state index in [1.165, 1.54) is 18.2 Å². The Labute approximate surface area is 108 Å². The van der Waals surface area contributed by atoms with Gasteiger partial charge >= 0.3 is 19.5 Å². The van der Waals surface area contributed by atoms with Gasteiger partial charge in [-0.15, -0.1) is 0 Å². The smallest absolute Gasteiger partial charge is 0.322 e. The molecule has 0 bridgehead atoms. The van der Waals surface area contributed by atoms with Crippen LogP contribution in [0.5, 0.6) is 0 Å². The van der Waals surface area contributed by atoms with Crippen molar-refractivity contribution in [2.45, 2.75) is 9.25 Å². The summed E-state index contributed by atoms with van der Waals surface area (Å²) >= 11 is 0. The van der Waals surface area contributed by atoms with Gasteiger partial charge in [-0.3, -0.25) is 14.9 Å².